The van der Waals surface area contributed by atoms with E-state index in [9.17, 15) is 9.59 Å². The number of hydrogen-bond acceptors (Lipinski definition) is 6. The number of halogens is 1. The number of hydrogen-bond donors (Lipinski definition) is 1. The number of carbonyl (C=O) groups is 2. The van der Waals surface area contributed by atoms with Crippen molar-refractivity contribution >= 4 is 74.3 Å². The Kier molecular flexibility index (Phi) is 8.15. The van der Waals surface area contributed by atoms with E-state index in [1.807, 2.05) is 18.2 Å². The average Bonchev–Trinajstić information content (AvgIpc) is 3.35. The van der Waals surface area contributed by atoms with Crippen LogP contribution in [0.25, 0.3) is 6.08 Å². The van der Waals surface area contributed by atoms with Crippen LogP contribution in [0.1, 0.15) is 34.4 Å². The largest absolute Gasteiger partial charge is 0.302 e. The maximum absolute atomic E-state index is 12.8. The standard InChI is InChI=1S/C25H22ClN3O2S3/c1-16-8-10-17(11-9-16)13-19-15-27-24(33-19)28-22(30)7-4-12-29-23(31)21(34-25(29)32)14-18-5-2-3-6-20(18)26/h2-3,5-6,8-11,14-15H,4,7,12-13H2,1H3,(H,27,28,30)/b21-14+. The maximum atomic E-state index is 12.8. The highest BCUT2D eigenvalue weighted by molar-refractivity contribution is 8.26. The number of rotatable bonds is 8. The van der Waals surface area contributed by atoms with E-state index in [4.69, 9.17) is 23.8 Å². The van der Waals surface area contributed by atoms with Gasteiger partial charge in [0.2, 0.25) is 5.91 Å². The molecular formula is C25H22ClN3O2S3. The topological polar surface area (TPSA) is 62.3 Å². The summed E-state index contributed by atoms with van der Waals surface area (Å²) in [6.07, 6.45) is 5.10. The molecule has 1 N–H and O–H groups in total. The molecule has 0 bridgehead atoms. The van der Waals surface area contributed by atoms with Gasteiger partial charge < -0.3 is 5.32 Å². The second-order valence-electron chi connectivity index (χ2n) is 7.80. The van der Waals surface area contributed by atoms with E-state index in [0.29, 0.717) is 32.3 Å². The van der Waals surface area contributed by atoms with Crippen molar-refractivity contribution in [3.63, 3.8) is 0 Å². The van der Waals surface area contributed by atoms with Crippen molar-refractivity contribution in [2.24, 2.45) is 0 Å². The monoisotopic (exact) mass is 527 g/mol. The lowest BCUT2D eigenvalue weighted by atomic mass is 10.1. The van der Waals surface area contributed by atoms with Gasteiger partial charge in [0.15, 0.2) is 5.13 Å². The minimum Gasteiger partial charge on any atom is -0.302 e. The zero-order valence-corrected chi connectivity index (χ0v) is 21.6. The van der Waals surface area contributed by atoms with Gasteiger partial charge in [-0.15, -0.1) is 11.3 Å². The first-order valence-corrected chi connectivity index (χ1v) is 13.1. The van der Waals surface area contributed by atoms with Gasteiger partial charge in [0.05, 0.1) is 4.91 Å². The van der Waals surface area contributed by atoms with Crippen LogP contribution >= 0.6 is 46.9 Å². The van der Waals surface area contributed by atoms with Crippen LogP contribution in [-0.2, 0) is 16.0 Å². The third-order valence-electron chi connectivity index (χ3n) is 5.15. The quantitative estimate of drug-likeness (QED) is 0.274. The van der Waals surface area contributed by atoms with Crippen molar-refractivity contribution < 1.29 is 9.59 Å². The lowest BCUT2D eigenvalue weighted by Crippen LogP contribution is -2.29. The summed E-state index contributed by atoms with van der Waals surface area (Å²) < 4.78 is 0.490. The molecule has 4 rings (SSSR count). The third-order valence-corrected chi connectivity index (χ3v) is 7.78. The molecule has 2 heterocycles. The lowest BCUT2D eigenvalue weighted by molar-refractivity contribution is -0.122. The Morgan fingerprint density at radius 1 is 1.21 bits per heavy atom. The van der Waals surface area contributed by atoms with E-state index >= 15 is 0 Å². The Balaban J connectivity index is 1.26. The molecule has 0 saturated carbocycles. The molecule has 2 amide bonds. The summed E-state index contributed by atoms with van der Waals surface area (Å²) in [6.45, 7) is 2.45. The third kappa shape index (κ3) is 6.33. The van der Waals surface area contributed by atoms with E-state index < -0.39 is 0 Å². The van der Waals surface area contributed by atoms with Gasteiger partial charge >= 0.3 is 0 Å². The lowest BCUT2D eigenvalue weighted by Gasteiger charge is -2.13. The second-order valence-corrected chi connectivity index (χ2v) is 11.0. The number of thiazole rings is 1. The molecule has 2 aromatic carbocycles. The molecule has 0 spiro atoms. The van der Waals surface area contributed by atoms with Gasteiger partial charge in [0, 0.05) is 35.5 Å². The Morgan fingerprint density at radius 3 is 2.74 bits per heavy atom. The number of aromatic nitrogens is 1. The molecule has 0 radical (unpaired) electrons. The zero-order valence-electron chi connectivity index (χ0n) is 18.4. The highest BCUT2D eigenvalue weighted by atomic mass is 35.5. The molecule has 0 atom stereocenters. The van der Waals surface area contributed by atoms with Crippen molar-refractivity contribution in [2.45, 2.75) is 26.2 Å². The van der Waals surface area contributed by atoms with Crippen LogP contribution < -0.4 is 5.32 Å². The molecule has 1 saturated heterocycles. The van der Waals surface area contributed by atoms with Gasteiger partial charge in [0.25, 0.3) is 5.91 Å². The van der Waals surface area contributed by atoms with Crippen LogP contribution in [-0.4, -0.2) is 32.6 Å². The fourth-order valence-corrected chi connectivity index (χ4v) is 5.71. The summed E-state index contributed by atoms with van der Waals surface area (Å²) in [5.41, 5.74) is 3.21. The number of carbonyl (C=O) groups excluding carboxylic acids is 2. The highest BCUT2D eigenvalue weighted by Gasteiger charge is 2.31. The van der Waals surface area contributed by atoms with Crippen LogP contribution in [0.5, 0.6) is 0 Å². The summed E-state index contributed by atoms with van der Waals surface area (Å²) in [5.74, 6) is -0.288. The SMILES string of the molecule is Cc1ccc(Cc2cnc(NC(=O)CCCN3C(=O)/C(=C\c4ccccc4Cl)SC3=S)s2)cc1. The van der Waals surface area contributed by atoms with E-state index in [2.05, 4.69) is 41.5 Å². The number of amides is 2. The Hall–Kier alpha value is -2.52. The van der Waals surface area contributed by atoms with Crippen molar-refractivity contribution in [3.8, 4) is 0 Å². The fourth-order valence-electron chi connectivity index (χ4n) is 3.36. The molecule has 1 fully saturated rings. The highest BCUT2D eigenvalue weighted by Crippen LogP contribution is 2.34. The Bertz CT molecular complexity index is 1250. The van der Waals surface area contributed by atoms with Crippen LogP contribution in [0.3, 0.4) is 0 Å². The number of nitrogens with zero attached hydrogens (tertiary/aromatic N) is 2. The molecule has 9 heteroatoms. The van der Waals surface area contributed by atoms with Gasteiger partial charge in [-0.1, -0.05) is 83.6 Å². The van der Waals surface area contributed by atoms with Crippen molar-refractivity contribution in [3.05, 3.63) is 86.2 Å². The predicted molar refractivity (Wildman–Crippen MR) is 145 cm³/mol. The van der Waals surface area contributed by atoms with Crippen LogP contribution in [0.2, 0.25) is 5.02 Å². The van der Waals surface area contributed by atoms with Crippen molar-refractivity contribution in [2.75, 3.05) is 11.9 Å². The average molecular weight is 528 g/mol. The molecule has 0 unspecified atom stereocenters. The summed E-state index contributed by atoms with van der Waals surface area (Å²) >= 11 is 14.3. The number of anilines is 1. The van der Waals surface area contributed by atoms with E-state index in [0.717, 1.165) is 16.9 Å². The molecular weight excluding hydrogens is 506 g/mol. The first kappa shape index (κ1) is 24.6. The van der Waals surface area contributed by atoms with E-state index in [1.165, 1.54) is 34.2 Å². The molecule has 34 heavy (non-hydrogen) atoms. The van der Waals surface area contributed by atoms with Gasteiger partial charge in [-0.05, 0) is 36.6 Å². The zero-order chi connectivity index (χ0) is 24.1. The summed E-state index contributed by atoms with van der Waals surface area (Å²) in [5, 5.41) is 4.01. The smallest absolute Gasteiger partial charge is 0.266 e. The molecule has 1 aromatic heterocycles. The van der Waals surface area contributed by atoms with Crippen LogP contribution in [0, 0.1) is 6.92 Å². The van der Waals surface area contributed by atoms with E-state index in [1.54, 1.807) is 23.2 Å². The molecule has 1 aliphatic rings. The second kappa shape index (κ2) is 11.3. The van der Waals surface area contributed by atoms with Gasteiger partial charge in [-0.3, -0.25) is 14.5 Å². The summed E-state index contributed by atoms with van der Waals surface area (Å²) in [6, 6.07) is 15.7. The number of thioether (sulfide) groups is 1. The molecule has 174 valence electrons. The van der Waals surface area contributed by atoms with Crippen molar-refractivity contribution in [1.29, 1.82) is 0 Å². The molecule has 3 aromatic rings. The first-order valence-electron chi connectivity index (χ1n) is 10.7. The van der Waals surface area contributed by atoms with Crippen LogP contribution in [0.15, 0.2) is 59.6 Å². The summed E-state index contributed by atoms with van der Waals surface area (Å²) in [7, 11) is 0. The van der Waals surface area contributed by atoms with E-state index in [-0.39, 0.29) is 18.2 Å². The minimum absolute atomic E-state index is 0.131. The predicted octanol–water partition coefficient (Wildman–Crippen LogP) is 6.32. The van der Waals surface area contributed by atoms with Gasteiger partial charge in [0.1, 0.15) is 4.32 Å². The normalized spacial score (nSPS) is 14.8. The van der Waals surface area contributed by atoms with Crippen molar-refractivity contribution in [1.82, 2.24) is 9.88 Å². The number of aryl methyl sites for hydroxylation is 1. The van der Waals surface area contributed by atoms with Crippen LogP contribution in [0.4, 0.5) is 5.13 Å². The molecule has 1 aliphatic heterocycles. The Morgan fingerprint density at radius 2 is 1.97 bits per heavy atom. The van der Waals surface area contributed by atoms with Gasteiger partial charge in [-0.2, -0.15) is 0 Å². The summed E-state index contributed by atoms with van der Waals surface area (Å²) in [4.78, 5) is 32.6. The Labute approximate surface area is 217 Å². The van der Waals surface area contributed by atoms with Gasteiger partial charge in [-0.25, -0.2) is 4.98 Å². The maximum Gasteiger partial charge on any atom is 0.266 e. The fraction of sp³-hybridized carbons (Fsp3) is 0.200. The molecule has 0 aliphatic carbocycles. The first-order chi connectivity index (χ1) is 16.4. The number of thiocarbonyl (C=S) groups is 1. The molecule has 5 nitrogen and oxygen atoms in total. The number of benzene rings is 2. The number of nitrogens with one attached hydrogen (secondary N) is 1. The minimum atomic E-state index is -0.156.